The number of benzene rings is 3. The standard InChI is InChI=1S/C28H27NO4/c30-22-9-3-1-7-19(22)11-12-20-13-15-25-28(21-8-2-4-10-24(21)33-25)27(20)23(31)14-16-26(32)29-17-5-6-18-29/h1-4,7-10,13,15,30H,5-6,11-12,14,16-18H2. The maximum Gasteiger partial charge on any atom is 0.223 e. The summed E-state index contributed by atoms with van der Waals surface area (Å²) in [7, 11) is 0. The van der Waals surface area contributed by atoms with Crippen LogP contribution in [0.1, 0.15) is 47.2 Å². The molecule has 4 aromatic rings. The molecule has 0 aliphatic carbocycles. The second kappa shape index (κ2) is 9.10. The Morgan fingerprint density at radius 1 is 0.818 bits per heavy atom. The van der Waals surface area contributed by atoms with Gasteiger partial charge in [0, 0.05) is 42.3 Å². The van der Waals surface area contributed by atoms with Gasteiger partial charge in [0.15, 0.2) is 5.78 Å². The molecule has 3 aromatic carbocycles. The SMILES string of the molecule is O=C(CCC(=O)N1CCCC1)c1c(CCc2ccccc2O)ccc2oc3ccccc3c12. The average Bonchev–Trinajstić information content (AvgIpc) is 3.50. The number of carbonyl (C=O) groups excluding carboxylic acids is 2. The Kier molecular flexibility index (Phi) is 5.86. The molecule has 168 valence electrons. The molecule has 2 heterocycles. The van der Waals surface area contributed by atoms with Gasteiger partial charge in [0.05, 0.1) is 0 Å². The van der Waals surface area contributed by atoms with Gasteiger partial charge in [-0.3, -0.25) is 9.59 Å². The number of amides is 1. The van der Waals surface area contributed by atoms with Crippen LogP contribution < -0.4 is 0 Å². The number of hydrogen-bond donors (Lipinski definition) is 1. The number of nitrogens with zero attached hydrogens (tertiary/aromatic N) is 1. The summed E-state index contributed by atoms with van der Waals surface area (Å²) in [6.45, 7) is 1.58. The number of furan rings is 1. The van der Waals surface area contributed by atoms with Gasteiger partial charge in [-0.15, -0.1) is 0 Å². The van der Waals surface area contributed by atoms with Gasteiger partial charge in [0.2, 0.25) is 5.91 Å². The molecule has 0 saturated carbocycles. The number of carbonyl (C=O) groups is 2. The molecule has 1 aliphatic heterocycles. The van der Waals surface area contributed by atoms with Crippen molar-refractivity contribution in [1.82, 2.24) is 4.90 Å². The number of fused-ring (bicyclic) bond motifs is 3. The third-order valence-electron chi connectivity index (χ3n) is 6.59. The molecule has 1 N–H and O–H groups in total. The molecule has 0 bridgehead atoms. The van der Waals surface area contributed by atoms with E-state index in [1.165, 1.54) is 0 Å². The summed E-state index contributed by atoms with van der Waals surface area (Å²) in [4.78, 5) is 28.0. The van der Waals surface area contributed by atoms with E-state index in [-0.39, 0.29) is 30.3 Å². The molecule has 0 unspecified atom stereocenters. The molecule has 5 heteroatoms. The first-order valence-corrected chi connectivity index (χ1v) is 11.6. The first-order valence-electron chi connectivity index (χ1n) is 11.6. The van der Waals surface area contributed by atoms with Crippen LogP contribution in [-0.2, 0) is 17.6 Å². The zero-order valence-corrected chi connectivity index (χ0v) is 18.5. The maximum atomic E-state index is 13.6. The number of para-hydroxylation sites is 2. The summed E-state index contributed by atoms with van der Waals surface area (Å²) >= 11 is 0. The summed E-state index contributed by atoms with van der Waals surface area (Å²) in [5.41, 5.74) is 3.82. The minimum atomic E-state index is -0.0352. The molecule has 5 rings (SSSR count). The van der Waals surface area contributed by atoms with Gasteiger partial charge in [-0.25, -0.2) is 0 Å². The van der Waals surface area contributed by atoms with Crippen molar-refractivity contribution in [3.8, 4) is 5.75 Å². The van der Waals surface area contributed by atoms with Crippen molar-refractivity contribution >= 4 is 33.6 Å². The number of aryl methyl sites for hydroxylation is 2. The van der Waals surface area contributed by atoms with Gasteiger partial charge in [-0.1, -0.05) is 42.5 Å². The number of phenolic OH excluding ortho intramolecular Hbond substituents is 1. The average molecular weight is 442 g/mol. The van der Waals surface area contributed by atoms with Crippen LogP contribution in [0.5, 0.6) is 5.75 Å². The molecular formula is C28H27NO4. The van der Waals surface area contributed by atoms with Gasteiger partial charge in [-0.2, -0.15) is 0 Å². The van der Waals surface area contributed by atoms with Crippen LogP contribution in [0.3, 0.4) is 0 Å². The molecule has 1 saturated heterocycles. The van der Waals surface area contributed by atoms with Crippen LogP contribution in [-0.4, -0.2) is 34.8 Å². The molecule has 0 radical (unpaired) electrons. The lowest BCUT2D eigenvalue weighted by Crippen LogP contribution is -2.27. The maximum absolute atomic E-state index is 13.6. The summed E-state index contributed by atoms with van der Waals surface area (Å²) in [6, 6.07) is 18.9. The van der Waals surface area contributed by atoms with E-state index in [1.54, 1.807) is 12.1 Å². The zero-order valence-electron chi connectivity index (χ0n) is 18.5. The lowest BCUT2D eigenvalue weighted by atomic mass is 9.91. The molecule has 0 atom stereocenters. The quantitative estimate of drug-likeness (QED) is 0.376. The molecule has 5 nitrogen and oxygen atoms in total. The third-order valence-corrected chi connectivity index (χ3v) is 6.59. The highest BCUT2D eigenvalue weighted by Gasteiger charge is 2.23. The fourth-order valence-corrected chi connectivity index (χ4v) is 4.85. The van der Waals surface area contributed by atoms with E-state index in [4.69, 9.17) is 4.42 Å². The lowest BCUT2D eigenvalue weighted by Gasteiger charge is -2.15. The zero-order chi connectivity index (χ0) is 22.8. The number of Topliss-reactive ketones (excluding diaryl/α,β-unsaturated/α-hetero) is 1. The molecule has 1 aliphatic rings. The van der Waals surface area contributed by atoms with E-state index in [0.717, 1.165) is 53.4 Å². The number of hydrogen-bond acceptors (Lipinski definition) is 4. The highest BCUT2D eigenvalue weighted by Crippen LogP contribution is 2.34. The Morgan fingerprint density at radius 2 is 1.55 bits per heavy atom. The van der Waals surface area contributed by atoms with Crippen molar-refractivity contribution in [3.05, 3.63) is 77.4 Å². The second-order valence-corrected chi connectivity index (χ2v) is 8.71. The lowest BCUT2D eigenvalue weighted by molar-refractivity contribution is -0.130. The number of phenols is 1. The van der Waals surface area contributed by atoms with E-state index in [1.807, 2.05) is 53.4 Å². The van der Waals surface area contributed by atoms with Crippen LogP contribution >= 0.6 is 0 Å². The number of rotatable bonds is 7. The van der Waals surface area contributed by atoms with Crippen LogP contribution in [0.2, 0.25) is 0 Å². The summed E-state index contributed by atoms with van der Waals surface area (Å²) in [5, 5.41) is 11.9. The molecule has 1 amide bonds. The van der Waals surface area contributed by atoms with Crippen molar-refractivity contribution < 1.29 is 19.1 Å². The van der Waals surface area contributed by atoms with Crippen molar-refractivity contribution in [2.75, 3.05) is 13.1 Å². The summed E-state index contributed by atoms with van der Waals surface area (Å²) in [5.74, 6) is 0.282. The molecule has 33 heavy (non-hydrogen) atoms. The van der Waals surface area contributed by atoms with Crippen LogP contribution in [0.15, 0.2) is 65.1 Å². The number of aromatic hydroxyl groups is 1. The molecule has 1 fully saturated rings. The highest BCUT2D eigenvalue weighted by atomic mass is 16.3. The van der Waals surface area contributed by atoms with Gasteiger partial charge in [0.25, 0.3) is 0 Å². The van der Waals surface area contributed by atoms with Crippen LogP contribution in [0, 0.1) is 0 Å². The first-order chi connectivity index (χ1) is 16.1. The van der Waals surface area contributed by atoms with Crippen molar-refractivity contribution in [2.24, 2.45) is 0 Å². The monoisotopic (exact) mass is 441 g/mol. The Morgan fingerprint density at radius 3 is 2.36 bits per heavy atom. The Balaban J connectivity index is 1.50. The van der Waals surface area contributed by atoms with E-state index < -0.39 is 0 Å². The van der Waals surface area contributed by atoms with E-state index in [9.17, 15) is 14.7 Å². The number of ketones is 1. The van der Waals surface area contributed by atoms with Gasteiger partial charge >= 0.3 is 0 Å². The van der Waals surface area contributed by atoms with Crippen LogP contribution in [0.25, 0.3) is 21.9 Å². The van der Waals surface area contributed by atoms with Crippen molar-refractivity contribution in [3.63, 3.8) is 0 Å². The smallest absolute Gasteiger partial charge is 0.223 e. The summed E-state index contributed by atoms with van der Waals surface area (Å²) < 4.78 is 6.02. The van der Waals surface area contributed by atoms with Gasteiger partial charge in [-0.05, 0) is 55.0 Å². The Hall–Kier alpha value is -3.60. The minimum Gasteiger partial charge on any atom is -0.508 e. The highest BCUT2D eigenvalue weighted by molar-refractivity contribution is 6.18. The fourth-order valence-electron chi connectivity index (χ4n) is 4.85. The first kappa shape index (κ1) is 21.3. The normalized spacial score (nSPS) is 13.8. The van der Waals surface area contributed by atoms with Gasteiger partial charge in [0.1, 0.15) is 16.9 Å². The number of likely N-dealkylation sites (tertiary alicyclic amines) is 1. The fraction of sp³-hybridized carbons (Fsp3) is 0.286. The second-order valence-electron chi connectivity index (χ2n) is 8.71. The largest absolute Gasteiger partial charge is 0.508 e. The van der Waals surface area contributed by atoms with E-state index in [0.29, 0.717) is 24.0 Å². The molecule has 1 aromatic heterocycles. The van der Waals surface area contributed by atoms with Crippen molar-refractivity contribution in [1.29, 1.82) is 0 Å². The topological polar surface area (TPSA) is 70.8 Å². The third kappa shape index (κ3) is 4.23. The molecular weight excluding hydrogens is 414 g/mol. The predicted octanol–water partition coefficient (Wildman–Crippen LogP) is 5.66. The van der Waals surface area contributed by atoms with E-state index >= 15 is 0 Å². The van der Waals surface area contributed by atoms with Crippen LogP contribution in [0.4, 0.5) is 0 Å². The van der Waals surface area contributed by atoms with Crippen molar-refractivity contribution in [2.45, 2.75) is 38.5 Å². The van der Waals surface area contributed by atoms with Gasteiger partial charge < -0.3 is 14.4 Å². The molecule has 0 spiro atoms. The predicted molar refractivity (Wildman–Crippen MR) is 129 cm³/mol. The minimum absolute atomic E-state index is 0.0352. The summed E-state index contributed by atoms with van der Waals surface area (Å²) in [6.07, 6.45) is 3.70. The Bertz CT molecular complexity index is 1330. The Labute approximate surface area is 192 Å². The van der Waals surface area contributed by atoms with E-state index in [2.05, 4.69) is 0 Å².